The summed E-state index contributed by atoms with van der Waals surface area (Å²) in [5.74, 6) is -3.27. The van der Waals surface area contributed by atoms with Gasteiger partial charge < -0.3 is 9.80 Å². The molecular formula is C83H64F4N2. The first-order valence-corrected chi connectivity index (χ1v) is 30.7. The molecule has 15 rings (SSSR count). The Kier molecular flexibility index (Phi) is 13.3. The lowest BCUT2D eigenvalue weighted by Gasteiger charge is -2.38. The predicted octanol–water partition coefficient (Wildman–Crippen LogP) is 21.9. The van der Waals surface area contributed by atoms with Gasteiger partial charge in [0.05, 0.1) is 22.6 Å². The van der Waals surface area contributed by atoms with Gasteiger partial charge in [0.2, 0.25) is 0 Å². The second kappa shape index (κ2) is 21.4. The monoisotopic (exact) mass is 1160 g/mol. The van der Waals surface area contributed by atoms with Gasteiger partial charge in [0.1, 0.15) is 23.3 Å². The molecule has 6 heteroatoms. The molecule has 0 heterocycles. The van der Waals surface area contributed by atoms with Crippen molar-refractivity contribution in [3.05, 3.63) is 357 Å². The Bertz CT molecular complexity index is 4680. The number of aryl methyl sites for hydroxylation is 4. The summed E-state index contributed by atoms with van der Waals surface area (Å²) in [4.78, 5) is 4.15. The molecule has 10 aromatic rings. The zero-order valence-electron chi connectivity index (χ0n) is 50.1. The summed E-state index contributed by atoms with van der Waals surface area (Å²) in [6.07, 6.45) is 12.6. The molecule has 5 aliphatic carbocycles. The average Bonchev–Trinajstić information content (AvgIpc) is 1.58. The smallest absolute Gasteiger partial charge is 0.128 e. The Hall–Kier alpha value is -10.0. The second-order valence-electron chi connectivity index (χ2n) is 24.7. The standard InChI is InChI=1S/C83H64F4N2/c1-7-54-21-29-58(30-22-54)82(75-41-50(3)17-19-52(75)5)73-15-11-9-13-68(73)70-39-37-65(48-77(70)82)88(67-44-60(84)43-61(85)45-67)63-33-25-56(26-34-63)57-27-35-64(36-28-57)89(81-72-46-62(86)47-79(87)80(72)81)66-38-40-71-69-14-10-12-16-74(69)83(78(71)49-66,59-31-23-55(8-2)24-32-59)76-42-51(4)18-20-53(76)6/h7-10,12-14,16-49,72,80-81H,1-2,11,15H2,3-6H3. The third kappa shape index (κ3) is 8.81. The fraction of sp³-hybridized carbons (Fsp3) is 0.133. The maximum atomic E-state index is 16.1. The van der Waals surface area contributed by atoms with E-state index in [4.69, 9.17) is 0 Å². The van der Waals surface area contributed by atoms with E-state index in [0.717, 1.165) is 120 Å². The minimum Gasteiger partial charge on any atom is -0.337 e. The first-order chi connectivity index (χ1) is 43.3. The minimum atomic E-state index is -0.719. The van der Waals surface area contributed by atoms with E-state index in [-0.39, 0.29) is 5.92 Å². The molecule has 2 nitrogen and oxygen atoms in total. The second-order valence-corrected chi connectivity index (χ2v) is 24.7. The fourth-order valence-corrected chi connectivity index (χ4v) is 15.6. The number of benzene rings is 10. The highest BCUT2D eigenvalue weighted by atomic mass is 19.1. The Morgan fingerprint density at radius 2 is 1.01 bits per heavy atom. The van der Waals surface area contributed by atoms with Gasteiger partial charge in [-0.05, 0) is 207 Å². The highest BCUT2D eigenvalue weighted by Gasteiger charge is 2.58. The highest BCUT2D eigenvalue weighted by Crippen LogP contribution is 2.62. The first-order valence-electron chi connectivity index (χ1n) is 30.7. The van der Waals surface area contributed by atoms with Crippen molar-refractivity contribution >= 4 is 46.2 Å². The van der Waals surface area contributed by atoms with Crippen LogP contribution in [0.1, 0.15) is 90.7 Å². The molecule has 10 aromatic carbocycles. The van der Waals surface area contributed by atoms with Crippen LogP contribution in [-0.4, -0.2) is 6.04 Å². The SMILES string of the molecule is C=Cc1ccc(C2(c3cc(C)ccc3C)C3=C(C=CCC3)c3ccc(N(c4ccc(-c5ccc(N(c6ccc7c(c6)C(c6ccc(C=C)cc6)(c6cc(C)ccc6C)c6ccccc6-7)C6C7C=C(F)C=C(F)C76)cc5)cc4)c4cc(F)cc(F)c4)cc32)cc1. The molecule has 0 radical (unpaired) electrons. The first kappa shape index (κ1) is 55.5. The van der Waals surface area contributed by atoms with Crippen molar-refractivity contribution < 1.29 is 17.6 Å². The van der Waals surface area contributed by atoms with E-state index in [0.29, 0.717) is 11.4 Å². The maximum Gasteiger partial charge on any atom is 0.128 e. The summed E-state index contributed by atoms with van der Waals surface area (Å²) < 4.78 is 62.6. The third-order valence-electron chi connectivity index (χ3n) is 19.6. The summed E-state index contributed by atoms with van der Waals surface area (Å²) in [5, 5.41) is 0. The Balaban J connectivity index is 0.839. The van der Waals surface area contributed by atoms with Crippen LogP contribution in [0.4, 0.5) is 46.0 Å². The van der Waals surface area contributed by atoms with Crippen molar-refractivity contribution in [3.8, 4) is 22.3 Å². The summed E-state index contributed by atoms with van der Waals surface area (Å²) in [6.45, 7) is 16.8. The number of halogens is 4. The Morgan fingerprint density at radius 3 is 1.65 bits per heavy atom. The highest BCUT2D eigenvalue weighted by molar-refractivity contribution is 5.94. The molecule has 0 bridgehead atoms. The molecule has 0 amide bonds. The molecule has 5 aliphatic rings. The van der Waals surface area contributed by atoms with Crippen molar-refractivity contribution in [2.75, 3.05) is 9.80 Å². The topological polar surface area (TPSA) is 6.48 Å². The van der Waals surface area contributed by atoms with E-state index < -0.39 is 46.1 Å². The lowest BCUT2D eigenvalue weighted by atomic mass is 9.64. The number of hydrogen-bond acceptors (Lipinski definition) is 2. The van der Waals surface area contributed by atoms with Crippen molar-refractivity contribution in [2.45, 2.75) is 57.4 Å². The van der Waals surface area contributed by atoms with Gasteiger partial charge in [-0.3, -0.25) is 0 Å². The molecule has 5 unspecified atom stereocenters. The average molecular weight is 1170 g/mol. The molecule has 0 spiro atoms. The van der Waals surface area contributed by atoms with Crippen LogP contribution in [0.25, 0.3) is 40.0 Å². The summed E-state index contributed by atoms with van der Waals surface area (Å²) in [6, 6.07) is 72.3. The summed E-state index contributed by atoms with van der Waals surface area (Å²) in [5.41, 5.74) is 24.6. The predicted molar refractivity (Wildman–Crippen MR) is 359 cm³/mol. The lowest BCUT2D eigenvalue weighted by Crippen LogP contribution is -2.31. The quantitative estimate of drug-likeness (QED) is 0.106. The van der Waals surface area contributed by atoms with E-state index in [2.05, 4.69) is 228 Å². The van der Waals surface area contributed by atoms with Crippen molar-refractivity contribution in [2.24, 2.45) is 11.8 Å². The van der Waals surface area contributed by atoms with Gasteiger partial charge >= 0.3 is 0 Å². The number of nitrogens with zero attached hydrogens (tertiary/aromatic N) is 2. The van der Waals surface area contributed by atoms with Crippen LogP contribution >= 0.6 is 0 Å². The molecule has 89 heavy (non-hydrogen) atoms. The van der Waals surface area contributed by atoms with Crippen LogP contribution in [0, 0.1) is 51.2 Å². The third-order valence-corrected chi connectivity index (χ3v) is 19.6. The van der Waals surface area contributed by atoms with E-state index in [1.807, 2.05) is 41.3 Å². The molecule has 0 aromatic heterocycles. The fourth-order valence-electron chi connectivity index (χ4n) is 15.6. The minimum absolute atomic E-state index is 0.344. The maximum absolute atomic E-state index is 16.1. The van der Waals surface area contributed by atoms with Gasteiger partial charge in [-0.1, -0.05) is 194 Å². The summed E-state index contributed by atoms with van der Waals surface area (Å²) in [7, 11) is 0. The van der Waals surface area contributed by atoms with Crippen LogP contribution < -0.4 is 9.80 Å². The van der Waals surface area contributed by atoms with Crippen LogP contribution in [0.3, 0.4) is 0 Å². The van der Waals surface area contributed by atoms with Crippen molar-refractivity contribution in [1.29, 1.82) is 0 Å². The Labute approximate surface area is 518 Å². The summed E-state index contributed by atoms with van der Waals surface area (Å²) >= 11 is 0. The van der Waals surface area contributed by atoms with Crippen LogP contribution in [0.15, 0.2) is 267 Å². The molecule has 1 fully saturated rings. The number of allylic oxidation sites excluding steroid dienone is 6. The van der Waals surface area contributed by atoms with Gasteiger partial charge in [-0.25, -0.2) is 17.6 Å². The van der Waals surface area contributed by atoms with Crippen LogP contribution in [0.2, 0.25) is 0 Å². The zero-order valence-corrected chi connectivity index (χ0v) is 50.1. The van der Waals surface area contributed by atoms with Crippen molar-refractivity contribution in [3.63, 3.8) is 0 Å². The lowest BCUT2D eigenvalue weighted by molar-refractivity contribution is 0.538. The van der Waals surface area contributed by atoms with Gasteiger partial charge in [0, 0.05) is 46.7 Å². The van der Waals surface area contributed by atoms with Gasteiger partial charge in [-0.2, -0.15) is 0 Å². The van der Waals surface area contributed by atoms with Crippen LogP contribution in [0.5, 0.6) is 0 Å². The van der Waals surface area contributed by atoms with Gasteiger partial charge in [-0.15, -0.1) is 0 Å². The molecule has 5 atom stereocenters. The zero-order chi connectivity index (χ0) is 61.0. The normalized spacial score (nSPS) is 19.9. The molecule has 0 N–H and O–H groups in total. The van der Waals surface area contributed by atoms with E-state index >= 15 is 17.6 Å². The number of rotatable bonds is 13. The van der Waals surface area contributed by atoms with Crippen LogP contribution in [-0.2, 0) is 10.8 Å². The molecule has 1 saturated carbocycles. The molecular weight excluding hydrogens is 1100 g/mol. The largest absolute Gasteiger partial charge is 0.337 e. The van der Waals surface area contributed by atoms with Crippen molar-refractivity contribution in [1.82, 2.24) is 0 Å². The number of hydrogen-bond donors (Lipinski definition) is 0. The van der Waals surface area contributed by atoms with E-state index in [9.17, 15) is 0 Å². The molecule has 0 saturated heterocycles. The molecule has 0 aliphatic heterocycles. The Morgan fingerprint density at radius 1 is 0.472 bits per heavy atom. The number of fused-ring (bicyclic) bond motifs is 6. The van der Waals surface area contributed by atoms with Gasteiger partial charge in [0.25, 0.3) is 0 Å². The van der Waals surface area contributed by atoms with E-state index in [1.54, 1.807) is 6.08 Å². The van der Waals surface area contributed by atoms with Gasteiger partial charge in [0.15, 0.2) is 0 Å². The number of anilines is 5. The van der Waals surface area contributed by atoms with E-state index in [1.165, 1.54) is 45.5 Å². The molecule has 434 valence electrons.